The molecule has 1 aliphatic rings. The Morgan fingerprint density at radius 3 is 2.76 bits per heavy atom. The fourth-order valence-electron chi connectivity index (χ4n) is 3.17. The van der Waals surface area contributed by atoms with Crippen LogP contribution in [0.15, 0.2) is 70.3 Å². The Bertz CT molecular complexity index is 930. The molecule has 1 atom stereocenters. The summed E-state index contributed by atoms with van der Waals surface area (Å²) < 4.78 is 0. The van der Waals surface area contributed by atoms with E-state index < -0.39 is 0 Å². The highest BCUT2D eigenvalue weighted by Gasteiger charge is 2.25. The lowest BCUT2D eigenvalue weighted by molar-refractivity contribution is -0.115. The normalized spacial score (nSPS) is 15.6. The van der Waals surface area contributed by atoms with Crippen LogP contribution < -0.4 is 5.32 Å². The van der Waals surface area contributed by atoms with E-state index in [0.717, 1.165) is 22.6 Å². The molecule has 4 heteroatoms. The number of fused-ring (bicyclic) bond motifs is 1. The van der Waals surface area contributed by atoms with Crippen molar-refractivity contribution in [2.45, 2.75) is 19.3 Å². The van der Waals surface area contributed by atoms with Gasteiger partial charge in [-0.1, -0.05) is 37.3 Å². The highest BCUT2D eigenvalue weighted by Crippen LogP contribution is 2.38. The Morgan fingerprint density at radius 1 is 1.16 bits per heavy atom. The predicted molar refractivity (Wildman–Crippen MR) is 104 cm³/mol. The number of hydrogen-bond acceptors (Lipinski definition) is 3. The van der Waals surface area contributed by atoms with Gasteiger partial charge in [-0.2, -0.15) is 11.3 Å². The second kappa shape index (κ2) is 6.65. The zero-order valence-corrected chi connectivity index (χ0v) is 14.7. The van der Waals surface area contributed by atoms with E-state index in [0.29, 0.717) is 6.42 Å². The van der Waals surface area contributed by atoms with E-state index in [1.807, 2.05) is 42.5 Å². The number of benzene rings is 2. The SMILES string of the molecule is CC1C(c2ccsc2)=Nc2ccc(CC(=O)Nc3ccccc3)cc21. The van der Waals surface area contributed by atoms with Gasteiger partial charge >= 0.3 is 0 Å². The Hall–Kier alpha value is -2.72. The average Bonchev–Trinajstić information content (AvgIpc) is 3.24. The summed E-state index contributed by atoms with van der Waals surface area (Å²) >= 11 is 1.69. The van der Waals surface area contributed by atoms with Gasteiger partial charge in [-0.05, 0) is 46.2 Å². The molecule has 0 saturated heterocycles. The average molecular weight is 346 g/mol. The lowest BCUT2D eigenvalue weighted by atomic mass is 9.93. The number of amides is 1. The van der Waals surface area contributed by atoms with Gasteiger partial charge in [0.1, 0.15) is 0 Å². The molecule has 124 valence electrons. The molecular formula is C21H18N2OS. The van der Waals surface area contributed by atoms with Crippen LogP contribution in [0.3, 0.4) is 0 Å². The number of nitrogens with zero attached hydrogens (tertiary/aromatic N) is 1. The van der Waals surface area contributed by atoms with Crippen molar-refractivity contribution in [3.8, 4) is 0 Å². The van der Waals surface area contributed by atoms with Gasteiger partial charge in [-0.3, -0.25) is 9.79 Å². The lowest BCUT2D eigenvalue weighted by Crippen LogP contribution is -2.14. The summed E-state index contributed by atoms with van der Waals surface area (Å²) in [6.07, 6.45) is 0.364. The van der Waals surface area contributed by atoms with Crippen LogP contribution in [0.2, 0.25) is 0 Å². The van der Waals surface area contributed by atoms with Crippen molar-refractivity contribution in [1.82, 2.24) is 0 Å². The minimum Gasteiger partial charge on any atom is -0.326 e. The highest BCUT2D eigenvalue weighted by molar-refractivity contribution is 7.08. The Balaban J connectivity index is 1.50. The van der Waals surface area contributed by atoms with Crippen molar-refractivity contribution in [1.29, 1.82) is 0 Å². The number of anilines is 1. The van der Waals surface area contributed by atoms with E-state index in [2.05, 4.69) is 35.1 Å². The molecule has 2 heterocycles. The predicted octanol–water partition coefficient (Wildman–Crippen LogP) is 5.17. The Morgan fingerprint density at radius 2 is 2.00 bits per heavy atom. The number of carbonyl (C=O) groups excluding carboxylic acids is 1. The first kappa shape index (κ1) is 15.8. The summed E-state index contributed by atoms with van der Waals surface area (Å²) in [7, 11) is 0. The largest absolute Gasteiger partial charge is 0.326 e. The van der Waals surface area contributed by atoms with Gasteiger partial charge in [0, 0.05) is 17.2 Å². The fourth-order valence-corrected chi connectivity index (χ4v) is 3.82. The molecule has 4 rings (SSSR count). The summed E-state index contributed by atoms with van der Waals surface area (Å²) in [6.45, 7) is 2.18. The van der Waals surface area contributed by atoms with Crippen molar-refractivity contribution >= 4 is 34.3 Å². The minimum absolute atomic E-state index is 0.00391. The Kier molecular flexibility index (Phi) is 4.20. The number of para-hydroxylation sites is 1. The van der Waals surface area contributed by atoms with Crippen LogP contribution in [0.1, 0.15) is 29.5 Å². The molecule has 3 aromatic rings. The van der Waals surface area contributed by atoms with E-state index in [1.54, 1.807) is 11.3 Å². The molecule has 0 spiro atoms. The molecule has 1 aliphatic heterocycles. The number of aliphatic imine (C=N–C) groups is 1. The van der Waals surface area contributed by atoms with Gasteiger partial charge in [0.25, 0.3) is 0 Å². The first-order chi connectivity index (χ1) is 12.2. The van der Waals surface area contributed by atoms with Crippen molar-refractivity contribution in [2.24, 2.45) is 4.99 Å². The molecule has 0 fully saturated rings. The van der Waals surface area contributed by atoms with E-state index in [9.17, 15) is 4.79 Å². The van der Waals surface area contributed by atoms with Crippen LogP contribution in [0.4, 0.5) is 11.4 Å². The second-order valence-electron chi connectivity index (χ2n) is 6.21. The summed E-state index contributed by atoms with van der Waals surface area (Å²) in [5, 5.41) is 7.14. The van der Waals surface area contributed by atoms with E-state index in [1.165, 1.54) is 11.1 Å². The van der Waals surface area contributed by atoms with Crippen LogP contribution in [0.25, 0.3) is 0 Å². The number of thiophene rings is 1. The van der Waals surface area contributed by atoms with E-state index in [-0.39, 0.29) is 11.8 Å². The van der Waals surface area contributed by atoms with Crippen LogP contribution in [-0.2, 0) is 11.2 Å². The topological polar surface area (TPSA) is 41.5 Å². The standard InChI is InChI=1S/C21H18N2OS/c1-14-18-11-15(12-20(24)22-17-5-3-2-4-6-17)7-8-19(18)23-21(14)16-9-10-25-13-16/h2-11,13-14H,12H2,1H3,(H,22,24). The molecule has 0 radical (unpaired) electrons. The maximum absolute atomic E-state index is 12.3. The van der Waals surface area contributed by atoms with Crippen LogP contribution >= 0.6 is 11.3 Å². The van der Waals surface area contributed by atoms with Gasteiger partial charge in [-0.25, -0.2) is 0 Å². The molecule has 0 aliphatic carbocycles. The number of rotatable bonds is 4. The zero-order valence-electron chi connectivity index (χ0n) is 13.9. The maximum atomic E-state index is 12.3. The number of hydrogen-bond donors (Lipinski definition) is 1. The van der Waals surface area contributed by atoms with E-state index in [4.69, 9.17) is 4.99 Å². The first-order valence-electron chi connectivity index (χ1n) is 8.29. The molecule has 0 saturated carbocycles. The second-order valence-corrected chi connectivity index (χ2v) is 6.99. The molecule has 2 aromatic carbocycles. The highest BCUT2D eigenvalue weighted by atomic mass is 32.1. The summed E-state index contributed by atoms with van der Waals surface area (Å²) in [6, 6.07) is 17.8. The van der Waals surface area contributed by atoms with Crippen molar-refractivity contribution in [3.63, 3.8) is 0 Å². The van der Waals surface area contributed by atoms with Gasteiger partial charge in [-0.15, -0.1) is 0 Å². The van der Waals surface area contributed by atoms with Gasteiger partial charge < -0.3 is 5.32 Å². The lowest BCUT2D eigenvalue weighted by Gasteiger charge is -2.10. The minimum atomic E-state index is -0.00391. The van der Waals surface area contributed by atoms with Crippen molar-refractivity contribution in [2.75, 3.05) is 5.32 Å². The molecule has 1 aromatic heterocycles. The zero-order chi connectivity index (χ0) is 17.2. The smallest absolute Gasteiger partial charge is 0.228 e. The monoisotopic (exact) mass is 346 g/mol. The molecule has 3 nitrogen and oxygen atoms in total. The van der Waals surface area contributed by atoms with E-state index >= 15 is 0 Å². The molecule has 25 heavy (non-hydrogen) atoms. The number of carbonyl (C=O) groups is 1. The third-order valence-corrected chi connectivity index (χ3v) is 5.13. The molecular weight excluding hydrogens is 328 g/mol. The molecule has 0 bridgehead atoms. The molecule has 1 amide bonds. The van der Waals surface area contributed by atoms with Gasteiger partial charge in [0.15, 0.2) is 0 Å². The number of nitrogens with one attached hydrogen (secondary N) is 1. The molecule has 1 N–H and O–H groups in total. The van der Waals surface area contributed by atoms with Gasteiger partial charge in [0.2, 0.25) is 5.91 Å². The third kappa shape index (κ3) is 3.26. The first-order valence-corrected chi connectivity index (χ1v) is 9.24. The third-order valence-electron chi connectivity index (χ3n) is 4.45. The van der Waals surface area contributed by atoms with Crippen LogP contribution in [-0.4, -0.2) is 11.6 Å². The Labute approximate surface area is 151 Å². The maximum Gasteiger partial charge on any atom is 0.228 e. The van der Waals surface area contributed by atoms with Crippen LogP contribution in [0, 0.1) is 0 Å². The van der Waals surface area contributed by atoms with Gasteiger partial charge in [0.05, 0.1) is 17.8 Å². The van der Waals surface area contributed by atoms with Crippen molar-refractivity contribution < 1.29 is 4.79 Å². The summed E-state index contributed by atoms with van der Waals surface area (Å²) in [5.41, 5.74) is 6.36. The quantitative estimate of drug-likeness (QED) is 0.696. The fraction of sp³-hybridized carbons (Fsp3) is 0.143. The molecule has 1 unspecified atom stereocenters. The summed E-state index contributed by atoms with van der Waals surface area (Å²) in [5.74, 6) is 0.248. The van der Waals surface area contributed by atoms with Crippen LogP contribution in [0.5, 0.6) is 0 Å². The summed E-state index contributed by atoms with van der Waals surface area (Å²) in [4.78, 5) is 17.1. The van der Waals surface area contributed by atoms with Crippen molar-refractivity contribution in [3.05, 3.63) is 82.0 Å².